The van der Waals surface area contributed by atoms with Gasteiger partial charge < -0.3 is 14.4 Å². The van der Waals surface area contributed by atoms with Crippen LogP contribution in [0.15, 0.2) is 12.3 Å². The van der Waals surface area contributed by atoms with Crippen molar-refractivity contribution in [1.82, 2.24) is 9.88 Å². The highest BCUT2D eigenvalue weighted by atomic mass is 16.6. The van der Waals surface area contributed by atoms with Crippen molar-refractivity contribution in [1.29, 1.82) is 0 Å². The summed E-state index contributed by atoms with van der Waals surface area (Å²) in [5.74, 6) is 0.899. The molecule has 22 heavy (non-hydrogen) atoms. The van der Waals surface area contributed by atoms with Gasteiger partial charge in [0.25, 0.3) is 0 Å². The maximum atomic E-state index is 12.2. The molecule has 0 saturated carbocycles. The van der Waals surface area contributed by atoms with Crippen LogP contribution in [0.3, 0.4) is 0 Å². The molecule has 120 valence electrons. The third-order valence-electron chi connectivity index (χ3n) is 4.45. The van der Waals surface area contributed by atoms with Gasteiger partial charge in [-0.1, -0.05) is 0 Å². The topological polar surface area (TPSA) is 51.7 Å². The van der Waals surface area contributed by atoms with Crippen LogP contribution in [0.25, 0.3) is 0 Å². The Hall–Kier alpha value is -1.78. The molecule has 5 nitrogen and oxygen atoms in total. The van der Waals surface area contributed by atoms with Crippen LogP contribution in [0.1, 0.15) is 44.9 Å². The van der Waals surface area contributed by atoms with E-state index in [9.17, 15) is 4.79 Å². The maximum absolute atomic E-state index is 12.2. The Morgan fingerprint density at radius 2 is 2.05 bits per heavy atom. The van der Waals surface area contributed by atoms with E-state index < -0.39 is 5.60 Å². The fourth-order valence-corrected chi connectivity index (χ4v) is 3.23. The number of aryl methyl sites for hydroxylation is 1. The van der Waals surface area contributed by atoms with E-state index in [1.807, 2.05) is 38.8 Å². The van der Waals surface area contributed by atoms with E-state index in [4.69, 9.17) is 9.47 Å². The summed E-state index contributed by atoms with van der Waals surface area (Å²) < 4.78 is 11.3. The molecule has 1 saturated heterocycles. The third kappa shape index (κ3) is 2.76. The Kier molecular flexibility index (Phi) is 3.54. The van der Waals surface area contributed by atoms with Crippen molar-refractivity contribution < 1.29 is 14.3 Å². The van der Waals surface area contributed by atoms with Crippen LogP contribution in [0.5, 0.6) is 5.75 Å². The first-order chi connectivity index (χ1) is 10.3. The number of likely N-dealkylation sites (tertiary alicyclic amines) is 1. The summed E-state index contributed by atoms with van der Waals surface area (Å²) in [6, 6.07) is 2.13. The lowest BCUT2D eigenvalue weighted by Gasteiger charge is -2.38. The SMILES string of the molecule is Cc1cc2c(cn1)OCC21CCN(C(=O)OC(C)(C)C)CC1. The maximum Gasteiger partial charge on any atom is 0.410 e. The molecule has 0 N–H and O–H groups in total. The highest BCUT2D eigenvalue weighted by Gasteiger charge is 2.44. The number of hydrogen-bond acceptors (Lipinski definition) is 4. The fourth-order valence-electron chi connectivity index (χ4n) is 3.23. The minimum absolute atomic E-state index is 0.0293. The van der Waals surface area contributed by atoms with Crippen LogP contribution >= 0.6 is 0 Å². The van der Waals surface area contributed by atoms with Gasteiger partial charge >= 0.3 is 6.09 Å². The number of aromatic nitrogens is 1. The highest BCUT2D eigenvalue weighted by Crippen LogP contribution is 2.45. The van der Waals surface area contributed by atoms with E-state index in [1.165, 1.54) is 5.56 Å². The second kappa shape index (κ2) is 5.14. The summed E-state index contributed by atoms with van der Waals surface area (Å²) >= 11 is 0. The zero-order valence-electron chi connectivity index (χ0n) is 13.8. The first kappa shape index (κ1) is 15.1. The van der Waals surface area contributed by atoms with Crippen molar-refractivity contribution >= 4 is 6.09 Å². The molecular formula is C17H24N2O3. The molecule has 0 unspecified atom stereocenters. The number of fused-ring (bicyclic) bond motifs is 2. The van der Waals surface area contributed by atoms with Gasteiger partial charge in [0, 0.05) is 29.8 Å². The molecule has 3 heterocycles. The van der Waals surface area contributed by atoms with Gasteiger partial charge in [-0.3, -0.25) is 4.98 Å². The van der Waals surface area contributed by atoms with E-state index >= 15 is 0 Å². The molecule has 0 bridgehead atoms. The van der Waals surface area contributed by atoms with Crippen LogP contribution in [-0.2, 0) is 10.2 Å². The van der Waals surface area contributed by atoms with Crippen LogP contribution in [-0.4, -0.2) is 41.3 Å². The van der Waals surface area contributed by atoms with E-state index in [1.54, 1.807) is 0 Å². The van der Waals surface area contributed by atoms with Gasteiger partial charge in [0.05, 0.1) is 12.8 Å². The monoisotopic (exact) mass is 304 g/mol. The van der Waals surface area contributed by atoms with Crippen LogP contribution < -0.4 is 4.74 Å². The first-order valence-electron chi connectivity index (χ1n) is 7.87. The van der Waals surface area contributed by atoms with Crippen LogP contribution in [0.4, 0.5) is 4.79 Å². The normalized spacial score (nSPS) is 19.7. The number of ether oxygens (including phenoxy) is 2. The Balaban J connectivity index is 1.71. The summed E-state index contributed by atoms with van der Waals surface area (Å²) in [6.07, 6.45) is 3.41. The number of nitrogens with zero attached hydrogens (tertiary/aromatic N) is 2. The summed E-state index contributed by atoms with van der Waals surface area (Å²) in [5, 5.41) is 0. The zero-order valence-corrected chi connectivity index (χ0v) is 13.8. The second-order valence-electron chi connectivity index (χ2n) is 7.36. The van der Waals surface area contributed by atoms with Gasteiger partial charge in [0.2, 0.25) is 0 Å². The largest absolute Gasteiger partial charge is 0.491 e. The summed E-state index contributed by atoms with van der Waals surface area (Å²) in [5.41, 5.74) is 1.85. The Labute approximate surface area is 131 Å². The number of pyridine rings is 1. The Morgan fingerprint density at radius 1 is 1.36 bits per heavy atom. The number of hydrogen-bond donors (Lipinski definition) is 0. The quantitative estimate of drug-likeness (QED) is 0.739. The van der Waals surface area contributed by atoms with E-state index in [-0.39, 0.29) is 11.5 Å². The lowest BCUT2D eigenvalue weighted by Crippen LogP contribution is -2.47. The van der Waals surface area contributed by atoms with Gasteiger partial charge in [0.1, 0.15) is 11.4 Å². The molecule has 0 aliphatic carbocycles. The summed E-state index contributed by atoms with van der Waals surface area (Å²) in [6.45, 7) is 9.80. The smallest absolute Gasteiger partial charge is 0.410 e. The first-order valence-corrected chi connectivity index (χ1v) is 7.87. The molecule has 2 aliphatic rings. The van der Waals surface area contributed by atoms with Crippen LogP contribution in [0, 0.1) is 6.92 Å². The standard InChI is InChI=1S/C17H24N2O3/c1-12-9-13-14(10-18-12)21-11-17(13)5-7-19(8-6-17)15(20)22-16(2,3)4/h9-10H,5-8,11H2,1-4H3. The molecule has 0 aromatic carbocycles. The van der Waals surface area contributed by atoms with Crippen molar-refractivity contribution in [3.63, 3.8) is 0 Å². The van der Waals surface area contributed by atoms with Crippen molar-refractivity contribution in [3.8, 4) is 5.75 Å². The Bertz CT molecular complexity index is 584. The number of rotatable bonds is 0. The average Bonchev–Trinajstić information content (AvgIpc) is 2.76. The fraction of sp³-hybridized carbons (Fsp3) is 0.647. The van der Waals surface area contributed by atoms with Crippen molar-refractivity contribution in [2.45, 2.75) is 51.6 Å². The number of amides is 1. The predicted molar refractivity (Wildman–Crippen MR) is 83.2 cm³/mol. The third-order valence-corrected chi connectivity index (χ3v) is 4.45. The molecule has 3 rings (SSSR count). The van der Waals surface area contributed by atoms with E-state index in [0.29, 0.717) is 19.7 Å². The minimum Gasteiger partial charge on any atom is -0.491 e. The molecule has 1 fully saturated rings. The van der Waals surface area contributed by atoms with Gasteiger partial charge in [-0.05, 0) is 46.6 Å². The molecule has 5 heteroatoms. The van der Waals surface area contributed by atoms with E-state index in [2.05, 4.69) is 11.1 Å². The lowest BCUT2D eigenvalue weighted by molar-refractivity contribution is 0.0152. The zero-order chi connectivity index (χ0) is 16.0. The van der Waals surface area contributed by atoms with E-state index in [0.717, 1.165) is 24.3 Å². The molecule has 1 spiro atoms. The average molecular weight is 304 g/mol. The van der Waals surface area contributed by atoms with Crippen molar-refractivity contribution in [2.24, 2.45) is 0 Å². The molecule has 1 aromatic rings. The minimum atomic E-state index is -0.446. The molecule has 0 atom stereocenters. The van der Waals surface area contributed by atoms with Crippen molar-refractivity contribution in [3.05, 3.63) is 23.5 Å². The molecule has 0 radical (unpaired) electrons. The van der Waals surface area contributed by atoms with Crippen molar-refractivity contribution in [2.75, 3.05) is 19.7 Å². The van der Waals surface area contributed by atoms with Crippen LogP contribution in [0.2, 0.25) is 0 Å². The second-order valence-corrected chi connectivity index (χ2v) is 7.36. The number of carbonyl (C=O) groups excluding carboxylic acids is 1. The van der Waals surface area contributed by atoms with Gasteiger partial charge in [-0.2, -0.15) is 0 Å². The highest BCUT2D eigenvalue weighted by molar-refractivity contribution is 5.68. The molecular weight excluding hydrogens is 280 g/mol. The summed E-state index contributed by atoms with van der Waals surface area (Å²) in [4.78, 5) is 18.3. The van der Waals surface area contributed by atoms with Gasteiger partial charge in [0.15, 0.2) is 0 Å². The molecule has 1 amide bonds. The van der Waals surface area contributed by atoms with Gasteiger partial charge in [-0.15, -0.1) is 0 Å². The molecule has 2 aliphatic heterocycles. The van der Waals surface area contributed by atoms with Gasteiger partial charge in [-0.25, -0.2) is 4.79 Å². The Morgan fingerprint density at radius 3 is 2.68 bits per heavy atom. The molecule has 1 aromatic heterocycles. The summed E-state index contributed by atoms with van der Waals surface area (Å²) in [7, 11) is 0. The predicted octanol–water partition coefficient (Wildman–Crippen LogP) is 3.05. The number of piperidine rings is 1. The lowest BCUT2D eigenvalue weighted by atomic mass is 9.74. The number of carbonyl (C=O) groups is 1.